The maximum atomic E-state index is 13.2. The van der Waals surface area contributed by atoms with Gasteiger partial charge >= 0.3 is 5.69 Å². The standard InChI is InChI=1S/C13H10ClFN2O3/c14-10-2-1-3-12(9(10)7-16)20-13-6-8(15)4-5-11(13)17(18)19/h1-6H,7,16H2. The molecule has 0 aliphatic heterocycles. The van der Waals surface area contributed by atoms with Crippen molar-refractivity contribution in [3.8, 4) is 11.5 Å². The molecule has 0 saturated heterocycles. The zero-order valence-corrected chi connectivity index (χ0v) is 10.9. The van der Waals surface area contributed by atoms with E-state index in [-0.39, 0.29) is 23.7 Å². The van der Waals surface area contributed by atoms with Crippen LogP contribution in [0.1, 0.15) is 5.56 Å². The first-order chi connectivity index (χ1) is 9.52. The van der Waals surface area contributed by atoms with Crippen molar-refractivity contribution in [3.05, 3.63) is 62.9 Å². The number of benzene rings is 2. The number of nitro groups is 1. The van der Waals surface area contributed by atoms with Gasteiger partial charge in [-0.25, -0.2) is 4.39 Å². The molecule has 0 spiro atoms. The van der Waals surface area contributed by atoms with Gasteiger partial charge in [0.1, 0.15) is 11.6 Å². The normalized spacial score (nSPS) is 10.3. The summed E-state index contributed by atoms with van der Waals surface area (Å²) in [4.78, 5) is 10.2. The van der Waals surface area contributed by atoms with E-state index >= 15 is 0 Å². The first-order valence-electron chi connectivity index (χ1n) is 5.62. The van der Waals surface area contributed by atoms with E-state index in [0.29, 0.717) is 10.6 Å². The van der Waals surface area contributed by atoms with Crippen molar-refractivity contribution >= 4 is 17.3 Å². The van der Waals surface area contributed by atoms with Gasteiger partial charge in [0.25, 0.3) is 0 Å². The van der Waals surface area contributed by atoms with Crippen molar-refractivity contribution in [1.82, 2.24) is 0 Å². The summed E-state index contributed by atoms with van der Waals surface area (Å²) >= 11 is 5.96. The summed E-state index contributed by atoms with van der Waals surface area (Å²) in [5, 5.41) is 11.3. The first-order valence-corrected chi connectivity index (χ1v) is 6.00. The van der Waals surface area contributed by atoms with Crippen molar-refractivity contribution in [1.29, 1.82) is 0 Å². The molecule has 20 heavy (non-hydrogen) atoms. The van der Waals surface area contributed by atoms with E-state index in [1.165, 1.54) is 0 Å². The molecule has 5 nitrogen and oxygen atoms in total. The summed E-state index contributed by atoms with van der Waals surface area (Å²) < 4.78 is 18.6. The highest BCUT2D eigenvalue weighted by atomic mass is 35.5. The molecule has 0 fully saturated rings. The van der Waals surface area contributed by atoms with Crippen molar-refractivity contribution < 1.29 is 14.1 Å². The molecule has 0 atom stereocenters. The topological polar surface area (TPSA) is 78.4 Å². The van der Waals surface area contributed by atoms with Crippen LogP contribution in [0, 0.1) is 15.9 Å². The van der Waals surface area contributed by atoms with Crippen LogP contribution in [0.2, 0.25) is 5.02 Å². The van der Waals surface area contributed by atoms with Gasteiger partial charge in [-0.3, -0.25) is 10.1 Å². The molecule has 0 aliphatic carbocycles. The fourth-order valence-corrected chi connectivity index (χ4v) is 1.91. The average Bonchev–Trinajstić information content (AvgIpc) is 2.38. The van der Waals surface area contributed by atoms with Gasteiger partial charge in [-0.05, 0) is 18.2 Å². The molecule has 0 saturated carbocycles. The van der Waals surface area contributed by atoms with Crippen molar-refractivity contribution in [2.45, 2.75) is 6.54 Å². The lowest BCUT2D eigenvalue weighted by Gasteiger charge is -2.11. The predicted molar refractivity (Wildman–Crippen MR) is 72.5 cm³/mol. The maximum Gasteiger partial charge on any atom is 0.311 e. The number of hydrogen-bond donors (Lipinski definition) is 1. The molecule has 2 N–H and O–H groups in total. The van der Waals surface area contributed by atoms with Crippen LogP contribution in [0.4, 0.5) is 10.1 Å². The number of rotatable bonds is 4. The molecule has 0 bridgehead atoms. The highest BCUT2D eigenvalue weighted by Gasteiger charge is 2.18. The van der Waals surface area contributed by atoms with Gasteiger partial charge in [0.05, 0.1) is 4.92 Å². The quantitative estimate of drug-likeness (QED) is 0.690. The Morgan fingerprint density at radius 1 is 1.30 bits per heavy atom. The van der Waals surface area contributed by atoms with Crippen LogP contribution in [0.15, 0.2) is 36.4 Å². The first kappa shape index (κ1) is 14.2. The fraction of sp³-hybridized carbons (Fsp3) is 0.0769. The molecule has 0 heterocycles. The third-order valence-corrected chi connectivity index (χ3v) is 2.97. The summed E-state index contributed by atoms with van der Waals surface area (Å²) in [6, 6.07) is 7.77. The Kier molecular flexibility index (Phi) is 4.16. The van der Waals surface area contributed by atoms with Crippen LogP contribution < -0.4 is 10.5 Å². The summed E-state index contributed by atoms with van der Waals surface area (Å²) in [5.41, 5.74) is 5.72. The van der Waals surface area contributed by atoms with Crippen molar-refractivity contribution in [2.24, 2.45) is 5.73 Å². The second kappa shape index (κ2) is 5.85. The SMILES string of the molecule is NCc1c(Cl)cccc1Oc1cc(F)ccc1[N+](=O)[O-]. The van der Waals surface area contributed by atoms with Gasteiger partial charge in [0, 0.05) is 29.3 Å². The van der Waals surface area contributed by atoms with Gasteiger partial charge in [-0.2, -0.15) is 0 Å². The second-order valence-corrected chi connectivity index (χ2v) is 4.30. The molecular formula is C13H10ClFN2O3. The van der Waals surface area contributed by atoms with E-state index in [2.05, 4.69) is 0 Å². The minimum Gasteiger partial charge on any atom is -0.450 e. The monoisotopic (exact) mass is 296 g/mol. The molecule has 0 aromatic heterocycles. The minimum atomic E-state index is -0.651. The molecule has 0 amide bonds. The molecule has 2 aromatic carbocycles. The largest absolute Gasteiger partial charge is 0.450 e. The highest BCUT2D eigenvalue weighted by Crippen LogP contribution is 2.35. The molecule has 0 aliphatic rings. The summed E-state index contributed by atoms with van der Waals surface area (Å²) in [6.07, 6.45) is 0. The zero-order chi connectivity index (χ0) is 14.7. The lowest BCUT2D eigenvalue weighted by molar-refractivity contribution is -0.385. The molecule has 2 aromatic rings. The van der Waals surface area contributed by atoms with Crippen LogP contribution in [0.5, 0.6) is 11.5 Å². The number of ether oxygens (including phenoxy) is 1. The number of hydrogen-bond acceptors (Lipinski definition) is 4. The zero-order valence-electron chi connectivity index (χ0n) is 10.2. The lowest BCUT2D eigenvalue weighted by Crippen LogP contribution is -2.01. The summed E-state index contributed by atoms with van der Waals surface area (Å²) in [6.45, 7) is 0.0954. The Morgan fingerprint density at radius 2 is 2.05 bits per heavy atom. The second-order valence-electron chi connectivity index (χ2n) is 3.89. The number of nitrogens with two attached hydrogens (primary N) is 1. The molecule has 0 unspecified atom stereocenters. The molecule has 2 rings (SSSR count). The third-order valence-electron chi connectivity index (χ3n) is 2.62. The van der Waals surface area contributed by atoms with E-state index < -0.39 is 10.7 Å². The Labute approximate surface area is 118 Å². The van der Waals surface area contributed by atoms with E-state index in [1.807, 2.05) is 0 Å². The molecule has 7 heteroatoms. The highest BCUT2D eigenvalue weighted by molar-refractivity contribution is 6.31. The van der Waals surface area contributed by atoms with Crippen molar-refractivity contribution in [3.63, 3.8) is 0 Å². The average molecular weight is 297 g/mol. The van der Waals surface area contributed by atoms with E-state index in [1.54, 1.807) is 18.2 Å². The Hall–Kier alpha value is -2.18. The molecule has 0 radical (unpaired) electrons. The van der Waals surface area contributed by atoms with Gasteiger partial charge in [-0.15, -0.1) is 0 Å². The summed E-state index contributed by atoms with van der Waals surface area (Å²) in [5.74, 6) is -0.581. The Balaban J connectivity index is 2.47. The number of halogens is 2. The number of nitro benzene ring substituents is 1. The van der Waals surface area contributed by atoms with E-state index in [4.69, 9.17) is 22.1 Å². The van der Waals surface area contributed by atoms with E-state index in [9.17, 15) is 14.5 Å². The van der Waals surface area contributed by atoms with Gasteiger partial charge in [0.15, 0.2) is 0 Å². The van der Waals surface area contributed by atoms with E-state index in [0.717, 1.165) is 18.2 Å². The third kappa shape index (κ3) is 2.87. The van der Waals surface area contributed by atoms with Crippen molar-refractivity contribution in [2.75, 3.05) is 0 Å². The van der Waals surface area contributed by atoms with Crippen LogP contribution in [-0.4, -0.2) is 4.92 Å². The molecular weight excluding hydrogens is 287 g/mol. The van der Waals surface area contributed by atoms with Crippen LogP contribution in [0.3, 0.4) is 0 Å². The number of nitrogens with zero attached hydrogens (tertiary/aromatic N) is 1. The van der Waals surface area contributed by atoms with Crippen LogP contribution >= 0.6 is 11.6 Å². The van der Waals surface area contributed by atoms with Crippen LogP contribution in [-0.2, 0) is 6.54 Å². The van der Waals surface area contributed by atoms with Crippen LogP contribution in [0.25, 0.3) is 0 Å². The Morgan fingerprint density at radius 3 is 2.70 bits per heavy atom. The molecule has 104 valence electrons. The Bertz CT molecular complexity index is 664. The maximum absolute atomic E-state index is 13.2. The van der Waals surface area contributed by atoms with Gasteiger partial charge < -0.3 is 10.5 Å². The lowest BCUT2D eigenvalue weighted by atomic mass is 10.2. The fourth-order valence-electron chi connectivity index (χ4n) is 1.67. The minimum absolute atomic E-state index is 0.0954. The summed E-state index contributed by atoms with van der Waals surface area (Å²) in [7, 11) is 0. The smallest absolute Gasteiger partial charge is 0.311 e. The predicted octanol–water partition coefficient (Wildman–Crippen LogP) is 3.64. The van der Waals surface area contributed by atoms with Gasteiger partial charge in [-0.1, -0.05) is 17.7 Å². The van der Waals surface area contributed by atoms with Gasteiger partial charge in [0.2, 0.25) is 5.75 Å².